The first-order valence-corrected chi connectivity index (χ1v) is 8.95. The Morgan fingerprint density at radius 3 is 2.76 bits per heavy atom. The fourth-order valence-electron chi connectivity index (χ4n) is 2.98. The standard InChI is InChI=1S/C17H19N3O4S/c1-8-13(17(23)24)25-16(19-8)9(2)18-14(21)11-7-10-5-3-4-6-12(10)20-15(11)22/h7,9H,3-6H2,1-2H3,(H,18,21)(H,20,22)(H,23,24). The molecule has 3 N–H and O–H groups in total. The molecule has 1 unspecified atom stereocenters. The molecule has 0 saturated carbocycles. The van der Waals surface area contributed by atoms with Gasteiger partial charge in [-0.1, -0.05) is 0 Å². The lowest BCUT2D eigenvalue weighted by atomic mass is 9.95. The Bertz CT molecular complexity index is 900. The van der Waals surface area contributed by atoms with E-state index in [0.29, 0.717) is 10.7 Å². The molecular weight excluding hydrogens is 342 g/mol. The Balaban J connectivity index is 1.81. The van der Waals surface area contributed by atoms with Crippen LogP contribution in [-0.2, 0) is 12.8 Å². The van der Waals surface area contributed by atoms with Crippen LogP contribution in [0.3, 0.4) is 0 Å². The molecule has 2 aromatic heterocycles. The van der Waals surface area contributed by atoms with Crippen molar-refractivity contribution in [1.82, 2.24) is 15.3 Å². The van der Waals surface area contributed by atoms with Gasteiger partial charge in [0.05, 0.1) is 11.7 Å². The zero-order valence-corrected chi connectivity index (χ0v) is 14.8. The largest absolute Gasteiger partial charge is 0.477 e. The lowest BCUT2D eigenvalue weighted by Gasteiger charge is -2.16. The topological polar surface area (TPSA) is 112 Å². The molecule has 7 nitrogen and oxygen atoms in total. The number of carboxylic acid groups (broad SMARTS) is 1. The molecule has 0 aromatic carbocycles. The zero-order chi connectivity index (χ0) is 18.1. The number of amides is 1. The third-order valence-corrected chi connectivity index (χ3v) is 5.64. The summed E-state index contributed by atoms with van der Waals surface area (Å²) in [5.41, 5.74) is 2.04. The van der Waals surface area contributed by atoms with Gasteiger partial charge < -0.3 is 15.4 Å². The number of aromatic nitrogens is 2. The second-order valence-electron chi connectivity index (χ2n) is 6.19. The molecule has 2 heterocycles. The summed E-state index contributed by atoms with van der Waals surface area (Å²) in [6.45, 7) is 3.33. The van der Waals surface area contributed by atoms with Crippen LogP contribution in [0.4, 0.5) is 0 Å². The molecule has 0 radical (unpaired) electrons. The number of nitrogens with one attached hydrogen (secondary N) is 2. The normalized spacial score (nSPS) is 14.6. The van der Waals surface area contributed by atoms with Gasteiger partial charge in [-0.05, 0) is 51.2 Å². The molecule has 0 fully saturated rings. The first-order chi connectivity index (χ1) is 11.9. The summed E-state index contributed by atoms with van der Waals surface area (Å²) in [6.07, 6.45) is 3.78. The molecule has 1 aliphatic rings. The second kappa shape index (κ2) is 6.79. The first-order valence-electron chi connectivity index (χ1n) is 8.13. The van der Waals surface area contributed by atoms with Gasteiger partial charge in [-0.15, -0.1) is 11.3 Å². The number of carbonyl (C=O) groups is 2. The van der Waals surface area contributed by atoms with Crippen LogP contribution in [0.25, 0.3) is 0 Å². The molecule has 0 bridgehead atoms. The van der Waals surface area contributed by atoms with Crippen LogP contribution in [0, 0.1) is 6.92 Å². The van der Waals surface area contributed by atoms with Gasteiger partial charge in [0.1, 0.15) is 15.4 Å². The van der Waals surface area contributed by atoms with Gasteiger partial charge in [-0.3, -0.25) is 9.59 Å². The number of carboxylic acids is 1. The number of thiazole rings is 1. The Hall–Kier alpha value is -2.48. The van der Waals surface area contributed by atoms with Crippen molar-refractivity contribution in [3.05, 3.63) is 48.8 Å². The summed E-state index contributed by atoms with van der Waals surface area (Å²) in [6, 6.07) is 1.19. The number of carbonyl (C=O) groups excluding carboxylic acids is 1. The van der Waals surface area contributed by atoms with Gasteiger partial charge in [-0.25, -0.2) is 9.78 Å². The van der Waals surface area contributed by atoms with E-state index in [1.807, 2.05) is 0 Å². The predicted molar refractivity (Wildman–Crippen MR) is 93.4 cm³/mol. The molecule has 3 rings (SSSR count). The van der Waals surface area contributed by atoms with Crippen LogP contribution in [0.15, 0.2) is 10.9 Å². The van der Waals surface area contributed by atoms with Crippen molar-refractivity contribution < 1.29 is 14.7 Å². The van der Waals surface area contributed by atoms with Gasteiger partial charge in [0.25, 0.3) is 11.5 Å². The fourth-order valence-corrected chi connectivity index (χ4v) is 3.89. The summed E-state index contributed by atoms with van der Waals surface area (Å²) in [7, 11) is 0. The maximum Gasteiger partial charge on any atom is 0.347 e. The Labute approximate surface area is 148 Å². The number of aromatic amines is 1. The lowest BCUT2D eigenvalue weighted by Crippen LogP contribution is -2.32. The minimum atomic E-state index is -1.04. The van der Waals surface area contributed by atoms with Crippen molar-refractivity contribution >= 4 is 23.2 Å². The second-order valence-corrected chi connectivity index (χ2v) is 7.22. The minimum absolute atomic E-state index is 0.0826. The monoisotopic (exact) mass is 361 g/mol. The van der Waals surface area contributed by atoms with Crippen molar-refractivity contribution in [2.75, 3.05) is 0 Å². The van der Waals surface area contributed by atoms with E-state index in [-0.39, 0.29) is 10.4 Å². The molecule has 0 aliphatic heterocycles. The average Bonchev–Trinajstić information content (AvgIpc) is 2.96. The average molecular weight is 361 g/mol. The van der Waals surface area contributed by atoms with E-state index >= 15 is 0 Å². The molecule has 25 heavy (non-hydrogen) atoms. The van der Waals surface area contributed by atoms with Gasteiger partial charge in [0.15, 0.2) is 0 Å². The van der Waals surface area contributed by atoms with Crippen LogP contribution in [0.1, 0.15) is 67.8 Å². The van der Waals surface area contributed by atoms with Crippen molar-refractivity contribution in [2.45, 2.75) is 45.6 Å². The number of aromatic carboxylic acids is 1. The first kappa shape index (κ1) is 17.3. The molecular formula is C17H19N3O4S. The van der Waals surface area contributed by atoms with Crippen molar-refractivity contribution in [2.24, 2.45) is 0 Å². The molecule has 1 atom stereocenters. The molecule has 132 valence electrons. The summed E-state index contributed by atoms with van der Waals surface area (Å²) in [4.78, 5) is 43.0. The predicted octanol–water partition coefficient (Wildman–Crippen LogP) is 2.21. The van der Waals surface area contributed by atoms with Crippen molar-refractivity contribution in [3.8, 4) is 0 Å². The molecule has 1 aliphatic carbocycles. The van der Waals surface area contributed by atoms with E-state index in [4.69, 9.17) is 5.11 Å². The smallest absolute Gasteiger partial charge is 0.347 e. The highest BCUT2D eigenvalue weighted by molar-refractivity contribution is 7.13. The van der Waals surface area contributed by atoms with Crippen LogP contribution >= 0.6 is 11.3 Å². The van der Waals surface area contributed by atoms with Gasteiger partial charge in [-0.2, -0.15) is 0 Å². The summed E-state index contributed by atoms with van der Waals surface area (Å²) in [5.74, 6) is -1.52. The van der Waals surface area contributed by atoms with Crippen LogP contribution in [0.5, 0.6) is 0 Å². The summed E-state index contributed by atoms with van der Waals surface area (Å²) in [5, 5.41) is 12.3. The zero-order valence-electron chi connectivity index (χ0n) is 14.0. The SMILES string of the molecule is Cc1nc(C(C)NC(=O)c2cc3c([nH]c2=O)CCCC3)sc1C(=O)O. The number of pyridine rings is 1. The third-order valence-electron chi connectivity index (χ3n) is 4.31. The Kier molecular flexibility index (Phi) is 4.71. The van der Waals surface area contributed by atoms with Gasteiger partial charge in [0.2, 0.25) is 0 Å². The van der Waals surface area contributed by atoms with E-state index in [1.54, 1.807) is 19.9 Å². The maximum absolute atomic E-state index is 12.5. The van der Waals surface area contributed by atoms with E-state index < -0.39 is 23.5 Å². The van der Waals surface area contributed by atoms with E-state index in [1.165, 1.54) is 0 Å². The highest BCUT2D eigenvalue weighted by Gasteiger charge is 2.22. The molecule has 0 saturated heterocycles. The number of hydrogen-bond acceptors (Lipinski definition) is 5. The number of aryl methyl sites for hydroxylation is 3. The maximum atomic E-state index is 12.5. The number of H-pyrrole nitrogens is 1. The van der Waals surface area contributed by atoms with E-state index in [2.05, 4.69) is 15.3 Å². The summed E-state index contributed by atoms with van der Waals surface area (Å²) >= 11 is 1.03. The van der Waals surface area contributed by atoms with Crippen LogP contribution < -0.4 is 10.9 Å². The summed E-state index contributed by atoms with van der Waals surface area (Å²) < 4.78 is 0. The Morgan fingerprint density at radius 2 is 2.08 bits per heavy atom. The fraction of sp³-hybridized carbons (Fsp3) is 0.412. The molecule has 8 heteroatoms. The Morgan fingerprint density at radius 1 is 1.36 bits per heavy atom. The molecule has 1 amide bonds. The highest BCUT2D eigenvalue weighted by atomic mass is 32.1. The third kappa shape index (κ3) is 3.48. The van der Waals surface area contributed by atoms with E-state index in [0.717, 1.165) is 48.3 Å². The van der Waals surface area contributed by atoms with Crippen LogP contribution in [0.2, 0.25) is 0 Å². The van der Waals surface area contributed by atoms with Gasteiger partial charge >= 0.3 is 5.97 Å². The number of hydrogen-bond donors (Lipinski definition) is 3. The number of nitrogens with zero attached hydrogens (tertiary/aromatic N) is 1. The van der Waals surface area contributed by atoms with E-state index in [9.17, 15) is 14.4 Å². The molecule has 0 spiro atoms. The lowest BCUT2D eigenvalue weighted by molar-refractivity contribution is 0.0701. The number of rotatable bonds is 4. The quantitative estimate of drug-likeness (QED) is 0.773. The highest BCUT2D eigenvalue weighted by Crippen LogP contribution is 2.24. The minimum Gasteiger partial charge on any atom is -0.477 e. The molecule has 2 aromatic rings. The van der Waals surface area contributed by atoms with Crippen molar-refractivity contribution in [3.63, 3.8) is 0 Å². The number of fused-ring (bicyclic) bond motifs is 1. The van der Waals surface area contributed by atoms with Gasteiger partial charge in [0, 0.05) is 5.69 Å². The van der Waals surface area contributed by atoms with Crippen LogP contribution in [-0.4, -0.2) is 27.0 Å². The van der Waals surface area contributed by atoms with Crippen molar-refractivity contribution in [1.29, 1.82) is 0 Å².